The molecule has 1 saturated carbocycles. The molecule has 27 heavy (non-hydrogen) atoms. The minimum atomic E-state index is -0.0249. The number of furan rings is 1. The van der Waals surface area contributed by atoms with Crippen molar-refractivity contribution in [3.8, 4) is 0 Å². The molecule has 1 spiro atoms. The number of halogens is 1. The highest BCUT2D eigenvalue weighted by Gasteiger charge is 2.51. The van der Waals surface area contributed by atoms with Gasteiger partial charge in [-0.1, -0.05) is 33.1 Å². The van der Waals surface area contributed by atoms with E-state index in [1.807, 2.05) is 11.2 Å². The molecule has 0 N–H and O–H groups in total. The van der Waals surface area contributed by atoms with Crippen LogP contribution in [0.2, 0.25) is 0 Å². The van der Waals surface area contributed by atoms with Crippen LogP contribution in [-0.2, 0) is 6.54 Å². The second-order valence-electron chi connectivity index (χ2n) is 8.50. The van der Waals surface area contributed by atoms with Crippen molar-refractivity contribution < 1.29 is 9.21 Å². The Morgan fingerprint density at radius 1 is 1.33 bits per heavy atom. The SMILES string of the molecule is CC(C)Cn1cnnc1C1CN(C(=O)c2ccc(Br)o2)CC12CCCCC2. The van der Waals surface area contributed by atoms with Crippen LogP contribution in [0.15, 0.2) is 27.5 Å². The average molecular weight is 435 g/mol. The fourth-order valence-electron chi connectivity index (χ4n) is 4.89. The maximum atomic E-state index is 13.0. The van der Waals surface area contributed by atoms with E-state index in [0.29, 0.717) is 22.9 Å². The van der Waals surface area contributed by atoms with E-state index < -0.39 is 0 Å². The molecule has 1 unspecified atom stereocenters. The van der Waals surface area contributed by atoms with Crippen molar-refractivity contribution >= 4 is 21.8 Å². The summed E-state index contributed by atoms with van der Waals surface area (Å²) in [5.41, 5.74) is 0.111. The first-order chi connectivity index (χ1) is 13.0. The summed E-state index contributed by atoms with van der Waals surface area (Å²) in [7, 11) is 0. The molecule has 1 aliphatic heterocycles. The zero-order chi connectivity index (χ0) is 19.0. The Bertz CT molecular complexity index is 807. The molecule has 2 fully saturated rings. The topological polar surface area (TPSA) is 64.2 Å². The van der Waals surface area contributed by atoms with Crippen molar-refractivity contribution in [2.45, 2.75) is 58.4 Å². The number of aromatic nitrogens is 3. The Morgan fingerprint density at radius 2 is 2.11 bits per heavy atom. The summed E-state index contributed by atoms with van der Waals surface area (Å²) in [6.45, 7) is 6.80. The maximum absolute atomic E-state index is 13.0. The van der Waals surface area contributed by atoms with E-state index in [2.05, 4.69) is 44.5 Å². The fourth-order valence-corrected chi connectivity index (χ4v) is 5.20. The van der Waals surface area contributed by atoms with Crippen LogP contribution in [0, 0.1) is 11.3 Å². The van der Waals surface area contributed by atoms with Gasteiger partial charge in [0.1, 0.15) is 12.2 Å². The third kappa shape index (κ3) is 3.58. The fraction of sp³-hybridized carbons (Fsp3) is 0.650. The van der Waals surface area contributed by atoms with Gasteiger partial charge in [0.2, 0.25) is 0 Å². The van der Waals surface area contributed by atoms with Gasteiger partial charge in [0, 0.05) is 25.6 Å². The molecule has 2 aromatic rings. The van der Waals surface area contributed by atoms with Crippen molar-refractivity contribution in [1.29, 1.82) is 0 Å². The van der Waals surface area contributed by atoms with Gasteiger partial charge in [0.05, 0.1) is 0 Å². The summed E-state index contributed by atoms with van der Waals surface area (Å²) in [4.78, 5) is 15.0. The van der Waals surface area contributed by atoms with Crippen molar-refractivity contribution in [1.82, 2.24) is 19.7 Å². The van der Waals surface area contributed by atoms with Crippen molar-refractivity contribution in [2.75, 3.05) is 13.1 Å². The smallest absolute Gasteiger partial charge is 0.289 e. The van der Waals surface area contributed by atoms with Gasteiger partial charge in [0.25, 0.3) is 5.91 Å². The quantitative estimate of drug-likeness (QED) is 0.711. The predicted molar refractivity (Wildman–Crippen MR) is 105 cm³/mol. The van der Waals surface area contributed by atoms with Crippen LogP contribution in [0.5, 0.6) is 0 Å². The minimum absolute atomic E-state index is 0.0249. The first kappa shape index (κ1) is 18.7. The molecule has 1 aliphatic carbocycles. The van der Waals surface area contributed by atoms with Crippen LogP contribution < -0.4 is 0 Å². The van der Waals surface area contributed by atoms with Gasteiger partial charge in [-0.2, -0.15) is 0 Å². The number of carbonyl (C=O) groups excluding carboxylic acids is 1. The lowest BCUT2D eigenvalue weighted by Crippen LogP contribution is -2.34. The lowest BCUT2D eigenvalue weighted by molar-refractivity contribution is 0.0725. The van der Waals surface area contributed by atoms with E-state index in [-0.39, 0.29) is 17.2 Å². The number of likely N-dealkylation sites (tertiary alicyclic amines) is 1. The highest BCUT2D eigenvalue weighted by atomic mass is 79.9. The van der Waals surface area contributed by atoms with Crippen molar-refractivity contribution in [3.63, 3.8) is 0 Å². The zero-order valence-corrected chi connectivity index (χ0v) is 17.6. The molecular weight excluding hydrogens is 408 g/mol. The molecule has 2 aromatic heterocycles. The summed E-state index contributed by atoms with van der Waals surface area (Å²) in [6.07, 6.45) is 7.88. The van der Waals surface area contributed by atoms with Gasteiger partial charge in [-0.25, -0.2) is 0 Å². The lowest BCUT2D eigenvalue weighted by Gasteiger charge is -2.37. The summed E-state index contributed by atoms with van der Waals surface area (Å²) in [5.74, 6) is 2.18. The van der Waals surface area contributed by atoms with Gasteiger partial charge < -0.3 is 13.9 Å². The summed E-state index contributed by atoms with van der Waals surface area (Å²) in [5, 5.41) is 8.73. The molecule has 4 rings (SSSR count). The van der Waals surface area contributed by atoms with E-state index in [0.717, 1.165) is 31.8 Å². The maximum Gasteiger partial charge on any atom is 0.289 e. The molecule has 0 bridgehead atoms. The highest BCUT2D eigenvalue weighted by Crippen LogP contribution is 2.51. The van der Waals surface area contributed by atoms with Gasteiger partial charge in [-0.15, -0.1) is 10.2 Å². The Morgan fingerprint density at radius 3 is 2.78 bits per heavy atom. The molecular formula is C20H27BrN4O2. The molecule has 0 radical (unpaired) electrons. The standard InChI is InChI=1S/C20H27BrN4O2/c1-14(2)10-25-13-22-23-18(25)15-11-24(12-20(15)8-4-3-5-9-20)19(26)16-6-7-17(21)27-16/h6-7,13-15H,3-5,8-12H2,1-2H3. The largest absolute Gasteiger partial charge is 0.444 e. The second kappa shape index (κ2) is 7.41. The third-order valence-corrected chi connectivity index (χ3v) is 6.51. The summed E-state index contributed by atoms with van der Waals surface area (Å²) < 4.78 is 8.31. The van der Waals surface area contributed by atoms with Crippen molar-refractivity contribution in [2.24, 2.45) is 11.3 Å². The van der Waals surface area contributed by atoms with Crippen LogP contribution in [0.1, 0.15) is 68.2 Å². The average Bonchev–Trinajstić information content (AvgIpc) is 3.34. The van der Waals surface area contributed by atoms with E-state index in [4.69, 9.17) is 4.42 Å². The van der Waals surface area contributed by atoms with E-state index in [1.54, 1.807) is 12.1 Å². The van der Waals surface area contributed by atoms with Crippen LogP contribution >= 0.6 is 15.9 Å². The first-order valence-corrected chi connectivity index (χ1v) is 10.7. The number of rotatable bonds is 4. The molecule has 3 heterocycles. The van der Waals surface area contributed by atoms with E-state index in [1.165, 1.54) is 19.3 Å². The van der Waals surface area contributed by atoms with Crippen LogP contribution in [0.25, 0.3) is 0 Å². The number of nitrogens with zero attached hydrogens (tertiary/aromatic N) is 4. The minimum Gasteiger partial charge on any atom is -0.444 e. The normalized spacial score (nSPS) is 22.1. The molecule has 6 nitrogen and oxygen atoms in total. The monoisotopic (exact) mass is 434 g/mol. The van der Waals surface area contributed by atoms with Gasteiger partial charge in [-0.05, 0) is 52.2 Å². The highest BCUT2D eigenvalue weighted by molar-refractivity contribution is 9.10. The zero-order valence-electron chi connectivity index (χ0n) is 16.0. The second-order valence-corrected chi connectivity index (χ2v) is 9.28. The number of hydrogen-bond acceptors (Lipinski definition) is 4. The number of carbonyl (C=O) groups is 1. The molecule has 1 atom stereocenters. The number of amides is 1. The van der Waals surface area contributed by atoms with E-state index in [9.17, 15) is 4.79 Å². The first-order valence-electron chi connectivity index (χ1n) is 9.91. The molecule has 146 valence electrons. The summed E-state index contributed by atoms with van der Waals surface area (Å²) in [6, 6.07) is 3.52. The van der Waals surface area contributed by atoms with Crippen molar-refractivity contribution in [3.05, 3.63) is 34.7 Å². The predicted octanol–water partition coefficient (Wildman–Crippen LogP) is 4.48. The third-order valence-electron chi connectivity index (χ3n) is 6.09. The van der Waals surface area contributed by atoms with Gasteiger partial charge in [-0.3, -0.25) is 4.79 Å². The number of hydrogen-bond donors (Lipinski definition) is 0. The van der Waals surface area contributed by atoms with Crippen LogP contribution in [0.4, 0.5) is 0 Å². The summed E-state index contributed by atoms with van der Waals surface area (Å²) >= 11 is 3.30. The molecule has 1 saturated heterocycles. The molecule has 0 aromatic carbocycles. The van der Waals surface area contributed by atoms with Crippen LogP contribution in [0.3, 0.4) is 0 Å². The Balaban J connectivity index is 1.65. The van der Waals surface area contributed by atoms with Gasteiger partial charge in [0.15, 0.2) is 10.4 Å². The Labute approximate surface area is 168 Å². The molecule has 7 heteroatoms. The van der Waals surface area contributed by atoms with E-state index >= 15 is 0 Å². The van der Waals surface area contributed by atoms with Gasteiger partial charge >= 0.3 is 0 Å². The Hall–Kier alpha value is -1.63. The Kier molecular flexibility index (Phi) is 5.14. The molecule has 2 aliphatic rings. The van der Waals surface area contributed by atoms with Crippen LogP contribution in [-0.4, -0.2) is 38.7 Å². The lowest BCUT2D eigenvalue weighted by atomic mass is 9.67. The molecule has 1 amide bonds.